The van der Waals surface area contributed by atoms with Gasteiger partial charge in [0.1, 0.15) is 29.9 Å². The van der Waals surface area contributed by atoms with Crippen molar-refractivity contribution in [3.05, 3.63) is 59.7 Å². The molecule has 1 aliphatic heterocycles. The molecule has 2 aromatic carbocycles. The molecule has 0 atom stereocenters. The number of aromatic hydroxyl groups is 1. The minimum atomic E-state index is -0.526. The zero-order chi connectivity index (χ0) is 23.7. The molecule has 1 saturated heterocycles. The van der Waals surface area contributed by atoms with E-state index in [9.17, 15) is 19.1 Å². The van der Waals surface area contributed by atoms with Crippen LogP contribution in [0.15, 0.2) is 42.5 Å². The lowest BCUT2D eigenvalue weighted by Gasteiger charge is -2.26. The number of hydrogen-bond donors (Lipinski definition) is 2. The maximum absolute atomic E-state index is 13.7. The first-order valence-electron chi connectivity index (χ1n) is 11.5. The SMILES string of the molecule is O=C(CNC(=O)c1nc(C2CCOCC2)c(-c2ccc(F)cc2)c2ccc(O)cc12)OC1CC1. The molecule has 2 heterocycles. The minimum Gasteiger partial charge on any atom is -0.508 e. The van der Waals surface area contributed by atoms with Crippen LogP contribution in [0.3, 0.4) is 0 Å². The van der Waals surface area contributed by atoms with Crippen LogP contribution in [-0.4, -0.2) is 47.8 Å². The zero-order valence-electron chi connectivity index (χ0n) is 18.6. The maximum Gasteiger partial charge on any atom is 0.325 e. The number of benzene rings is 2. The first kappa shape index (κ1) is 22.3. The average molecular weight is 464 g/mol. The topological polar surface area (TPSA) is 97.8 Å². The van der Waals surface area contributed by atoms with E-state index in [1.165, 1.54) is 18.2 Å². The molecule has 2 fully saturated rings. The quantitative estimate of drug-likeness (QED) is 0.534. The summed E-state index contributed by atoms with van der Waals surface area (Å²) < 4.78 is 24.4. The number of nitrogens with one attached hydrogen (secondary N) is 1. The fraction of sp³-hybridized carbons (Fsp3) is 0.346. The van der Waals surface area contributed by atoms with E-state index in [2.05, 4.69) is 5.32 Å². The van der Waals surface area contributed by atoms with Crippen molar-refractivity contribution >= 4 is 22.6 Å². The summed E-state index contributed by atoms with van der Waals surface area (Å²) in [7, 11) is 0. The van der Waals surface area contributed by atoms with Crippen molar-refractivity contribution in [3.8, 4) is 16.9 Å². The van der Waals surface area contributed by atoms with E-state index in [1.807, 2.05) is 0 Å². The molecule has 0 unspecified atom stereocenters. The van der Waals surface area contributed by atoms with Crippen molar-refractivity contribution in [1.82, 2.24) is 10.3 Å². The number of pyridine rings is 1. The predicted molar refractivity (Wildman–Crippen MR) is 123 cm³/mol. The Morgan fingerprint density at radius 2 is 1.79 bits per heavy atom. The third-order valence-corrected chi connectivity index (χ3v) is 6.19. The standard InChI is InChI=1S/C26H25FN2O5/c27-17-3-1-15(2-4-17)23-20-8-5-18(30)13-21(20)25(29-24(23)16-9-11-33-12-10-16)26(32)28-14-22(31)34-19-6-7-19/h1-5,8,13,16,19,30H,6-7,9-12,14H2,(H,28,32). The summed E-state index contributed by atoms with van der Waals surface area (Å²) in [6.45, 7) is 0.901. The summed E-state index contributed by atoms with van der Waals surface area (Å²) >= 11 is 0. The first-order chi connectivity index (χ1) is 16.5. The summed E-state index contributed by atoms with van der Waals surface area (Å²) in [6, 6.07) is 10.9. The number of rotatable bonds is 6. The number of esters is 1. The Morgan fingerprint density at radius 3 is 2.50 bits per heavy atom. The van der Waals surface area contributed by atoms with Crippen molar-refractivity contribution in [2.24, 2.45) is 0 Å². The van der Waals surface area contributed by atoms with E-state index in [0.717, 1.165) is 42.5 Å². The molecule has 7 nitrogen and oxygen atoms in total. The molecular weight excluding hydrogens is 439 g/mol. The van der Waals surface area contributed by atoms with Gasteiger partial charge in [0, 0.05) is 30.1 Å². The van der Waals surface area contributed by atoms with Crippen LogP contribution in [-0.2, 0) is 14.3 Å². The highest BCUT2D eigenvalue weighted by molar-refractivity contribution is 6.10. The molecule has 3 aromatic rings. The number of nitrogens with zero attached hydrogens (tertiary/aromatic N) is 1. The Kier molecular flexibility index (Phi) is 6.15. The second kappa shape index (κ2) is 9.38. The fourth-order valence-corrected chi connectivity index (χ4v) is 4.33. The predicted octanol–water partition coefficient (Wildman–Crippen LogP) is 4.08. The molecule has 5 rings (SSSR count). The van der Waals surface area contributed by atoms with Gasteiger partial charge in [-0.1, -0.05) is 12.1 Å². The number of phenolic OH excluding ortho intramolecular Hbond substituents is 1. The van der Waals surface area contributed by atoms with Gasteiger partial charge < -0.3 is 19.9 Å². The van der Waals surface area contributed by atoms with E-state index < -0.39 is 11.9 Å². The molecule has 8 heteroatoms. The lowest BCUT2D eigenvalue weighted by Crippen LogP contribution is -2.32. The number of ether oxygens (including phenoxy) is 2. The van der Waals surface area contributed by atoms with Crippen LogP contribution in [0.4, 0.5) is 4.39 Å². The van der Waals surface area contributed by atoms with Crippen molar-refractivity contribution < 1.29 is 28.6 Å². The smallest absolute Gasteiger partial charge is 0.325 e. The van der Waals surface area contributed by atoms with Gasteiger partial charge in [0.15, 0.2) is 0 Å². The van der Waals surface area contributed by atoms with Crippen molar-refractivity contribution in [3.63, 3.8) is 0 Å². The van der Waals surface area contributed by atoms with Gasteiger partial charge in [-0.2, -0.15) is 0 Å². The Balaban J connectivity index is 1.61. The summed E-state index contributed by atoms with van der Waals surface area (Å²) in [5, 5.41) is 13.9. The molecule has 1 aromatic heterocycles. The number of halogens is 1. The van der Waals surface area contributed by atoms with Crippen LogP contribution in [0, 0.1) is 5.82 Å². The van der Waals surface area contributed by atoms with E-state index >= 15 is 0 Å². The van der Waals surface area contributed by atoms with Crippen LogP contribution < -0.4 is 5.32 Å². The highest BCUT2D eigenvalue weighted by Crippen LogP contribution is 2.40. The van der Waals surface area contributed by atoms with E-state index in [0.29, 0.717) is 24.0 Å². The van der Waals surface area contributed by atoms with E-state index in [4.69, 9.17) is 14.5 Å². The average Bonchev–Trinajstić information content (AvgIpc) is 3.66. The van der Waals surface area contributed by atoms with Crippen LogP contribution in [0.2, 0.25) is 0 Å². The van der Waals surface area contributed by atoms with Crippen molar-refractivity contribution in [1.29, 1.82) is 0 Å². The number of fused-ring (bicyclic) bond motifs is 1. The lowest BCUT2D eigenvalue weighted by atomic mass is 9.86. The summed E-state index contributed by atoms with van der Waals surface area (Å²) in [5.41, 5.74) is 2.41. The Hall–Kier alpha value is -3.52. The normalized spacial score (nSPS) is 16.4. The Labute approximate surface area is 195 Å². The second-order valence-corrected chi connectivity index (χ2v) is 8.72. The number of amides is 1. The summed E-state index contributed by atoms with van der Waals surface area (Å²) in [4.78, 5) is 29.9. The molecule has 2 N–H and O–H groups in total. The second-order valence-electron chi connectivity index (χ2n) is 8.72. The highest BCUT2D eigenvalue weighted by atomic mass is 19.1. The largest absolute Gasteiger partial charge is 0.508 e. The fourth-order valence-electron chi connectivity index (χ4n) is 4.33. The van der Waals surface area contributed by atoms with Crippen LogP contribution in [0.25, 0.3) is 21.9 Å². The van der Waals surface area contributed by atoms with Crippen LogP contribution >= 0.6 is 0 Å². The molecule has 1 aliphatic carbocycles. The number of carbonyl (C=O) groups is 2. The Bertz CT molecular complexity index is 1230. The Morgan fingerprint density at radius 1 is 1.06 bits per heavy atom. The van der Waals surface area contributed by atoms with Gasteiger partial charge in [0.25, 0.3) is 5.91 Å². The van der Waals surface area contributed by atoms with Crippen LogP contribution in [0.1, 0.15) is 47.8 Å². The molecule has 1 amide bonds. The summed E-state index contributed by atoms with van der Waals surface area (Å²) in [6.07, 6.45) is 3.13. The molecule has 0 spiro atoms. The van der Waals surface area contributed by atoms with Crippen molar-refractivity contribution in [2.75, 3.05) is 19.8 Å². The van der Waals surface area contributed by atoms with Gasteiger partial charge in [-0.3, -0.25) is 9.59 Å². The third kappa shape index (κ3) is 4.72. The molecular formula is C26H25FN2O5. The third-order valence-electron chi connectivity index (χ3n) is 6.19. The van der Waals surface area contributed by atoms with Gasteiger partial charge in [0.05, 0.1) is 5.69 Å². The number of hydrogen-bond acceptors (Lipinski definition) is 6. The molecule has 0 radical (unpaired) electrons. The van der Waals surface area contributed by atoms with Gasteiger partial charge in [-0.25, -0.2) is 9.37 Å². The highest BCUT2D eigenvalue weighted by Gasteiger charge is 2.28. The number of aromatic nitrogens is 1. The molecule has 34 heavy (non-hydrogen) atoms. The summed E-state index contributed by atoms with van der Waals surface area (Å²) in [5.74, 6) is -1.34. The van der Waals surface area contributed by atoms with Gasteiger partial charge in [0.2, 0.25) is 0 Å². The monoisotopic (exact) mass is 464 g/mol. The number of carbonyl (C=O) groups excluding carboxylic acids is 2. The van der Waals surface area contributed by atoms with Gasteiger partial charge in [-0.05, 0) is 67.0 Å². The minimum absolute atomic E-state index is 0.0136. The van der Waals surface area contributed by atoms with Crippen LogP contribution in [0.5, 0.6) is 5.75 Å². The molecule has 176 valence electrons. The van der Waals surface area contributed by atoms with Gasteiger partial charge in [-0.15, -0.1) is 0 Å². The maximum atomic E-state index is 13.7. The molecule has 2 aliphatic rings. The van der Waals surface area contributed by atoms with Gasteiger partial charge >= 0.3 is 5.97 Å². The first-order valence-corrected chi connectivity index (χ1v) is 11.5. The van der Waals surface area contributed by atoms with E-state index in [1.54, 1.807) is 24.3 Å². The zero-order valence-corrected chi connectivity index (χ0v) is 18.6. The molecule has 0 bridgehead atoms. The lowest BCUT2D eigenvalue weighted by molar-refractivity contribution is -0.143. The molecule has 1 saturated carbocycles. The number of phenols is 1. The van der Waals surface area contributed by atoms with E-state index in [-0.39, 0.29) is 35.8 Å². The van der Waals surface area contributed by atoms with Crippen molar-refractivity contribution in [2.45, 2.75) is 37.7 Å².